The van der Waals surface area contributed by atoms with Crippen molar-refractivity contribution in [1.29, 1.82) is 0 Å². The Bertz CT molecular complexity index is 1610. The lowest BCUT2D eigenvalue weighted by Gasteiger charge is -2.42. The maximum Gasteiger partial charge on any atom is 0.270 e. The predicted molar refractivity (Wildman–Crippen MR) is 166 cm³/mol. The summed E-state index contributed by atoms with van der Waals surface area (Å²) in [5.41, 5.74) is 2.25. The molecule has 2 fully saturated rings. The van der Waals surface area contributed by atoms with Crippen molar-refractivity contribution in [1.82, 2.24) is 30.1 Å². The van der Waals surface area contributed by atoms with Gasteiger partial charge in [-0.2, -0.15) is 0 Å². The normalized spacial score (nSPS) is 16.3. The minimum atomic E-state index is -0.621. The second-order valence-electron chi connectivity index (χ2n) is 11.4. The highest BCUT2D eigenvalue weighted by molar-refractivity contribution is 6.00. The van der Waals surface area contributed by atoms with E-state index in [0.29, 0.717) is 67.4 Å². The molecule has 0 radical (unpaired) electrons. The van der Waals surface area contributed by atoms with Gasteiger partial charge in [-0.15, -0.1) is 0 Å². The Hall–Kier alpha value is -4.73. The number of hydrogen-bond acceptors (Lipinski definition) is 6. The molecular formula is C33H37N7O3. The fourth-order valence-corrected chi connectivity index (χ4v) is 6.26. The van der Waals surface area contributed by atoms with Crippen LogP contribution in [0.1, 0.15) is 48.7 Å². The van der Waals surface area contributed by atoms with Gasteiger partial charge < -0.3 is 25.4 Å². The number of aromatic amines is 1. The van der Waals surface area contributed by atoms with Gasteiger partial charge in [-0.3, -0.25) is 14.4 Å². The van der Waals surface area contributed by atoms with E-state index in [0.717, 1.165) is 37.1 Å². The van der Waals surface area contributed by atoms with Crippen LogP contribution in [0.3, 0.4) is 0 Å². The monoisotopic (exact) mass is 579 g/mol. The molecule has 2 aliphatic heterocycles. The van der Waals surface area contributed by atoms with Crippen LogP contribution in [0.15, 0.2) is 66.7 Å². The number of anilines is 1. The number of piperidine rings is 1. The van der Waals surface area contributed by atoms with Gasteiger partial charge in [0.05, 0.1) is 10.8 Å². The number of carbonyl (C=O) groups is 3. The summed E-state index contributed by atoms with van der Waals surface area (Å²) in [6.45, 7) is 4.94. The van der Waals surface area contributed by atoms with Gasteiger partial charge in [0, 0.05) is 51.8 Å². The molecule has 3 amide bonds. The first-order valence-corrected chi connectivity index (χ1v) is 15.0. The molecule has 0 saturated carbocycles. The van der Waals surface area contributed by atoms with E-state index in [4.69, 9.17) is 9.97 Å². The smallest absolute Gasteiger partial charge is 0.270 e. The fraction of sp³-hybridized carbons (Fsp3) is 0.364. The number of aromatic nitrogens is 3. The number of fused-ring (bicyclic) bond motifs is 1. The van der Waals surface area contributed by atoms with Gasteiger partial charge in [-0.25, -0.2) is 9.97 Å². The van der Waals surface area contributed by atoms with Crippen LogP contribution in [0.4, 0.5) is 5.82 Å². The number of hydrogen-bond donors (Lipinski definition) is 3. The molecule has 43 heavy (non-hydrogen) atoms. The Balaban J connectivity index is 1.25. The third-order valence-electron chi connectivity index (χ3n) is 8.57. The Morgan fingerprint density at radius 1 is 0.860 bits per heavy atom. The van der Waals surface area contributed by atoms with Crippen molar-refractivity contribution >= 4 is 34.6 Å². The molecule has 2 saturated heterocycles. The van der Waals surface area contributed by atoms with E-state index in [1.54, 1.807) is 6.07 Å². The van der Waals surface area contributed by atoms with E-state index in [9.17, 15) is 14.4 Å². The van der Waals surface area contributed by atoms with Crippen molar-refractivity contribution in [2.24, 2.45) is 0 Å². The number of carbonyl (C=O) groups excluding carboxylic acids is 3. The molecule has 6 rings (SSSR count). The first-order valence-electron chi connectivity index (χ1n) is 15.0. The Labute approximate surface area is 250 Å². The molecule has 4 aromatic rings. The zero-order valence-corrected chi connectivity index (χ0v) is 24.4. The summed E-state index contributed by atoms with van der Waals surface area (Å²) in [4.78, 5) is 55.6. The second kappa shape index (κ2) is 12.2. The molecule has 0 unspecified atom stereocenters. The molecule has 2 aromatic heterocycles. The lowest BCUT2D eigenvalue weighted by Crippen LogP contribution is -2.53. The molecule has 0 atom stereocenters. The number of H-pyrrole nitrogens is 1. The number of amides is 3. The van der Waals surface area contributed by atoms with Crippen LogP contribution < -0.4 is 10.6 Å². The van der Waals surface area contributed by atoms with Crippen LogP contribution in [0.5, 0.6) is 0 Å². The average Bonchev–Trinajstić information content (AvgIpc) is 3.74. The van der Waals surface area contributed by atoms with Gasteiger partial charge in [0.2, 0.25) is 11.8 Å². The summed E-state index contributed by atoms with van der Waals surface area (Å²) in [5.74, 6) is 1.07. The zero-order chi connectivity index (χ0) is 29.8. The molecule has 2 aromatic carbocycles. The van der Waals surface area contributed by atoms with Crippen LogP contribution >= 0.6 is 0 Å². The minimum absolute atomic E-state index is 0.103. The minimum Gasteiger partial charge on any atom is -0.368 e. The highest BCUT2D eigenvalue weighted by atomic mass is 16.2. The van der Waals surface area contributed by atoms with Gasteiger partial charge in [0.15, 0.2) is 5.82 Å². The summed E-state index contributed by atoms with van der Waals surface area (Å²) < 4.78 is 0. The van der Waals surface area contributed by atoms with Crippen molar-refractivity contribution in [3.8, 4) is 11.4 Å². The fourth-order valence-electron chi connectivity index (χ4n) is 6.26. The van der Waals surface area contributed by atoms with Crippen molar-refractivity contribution in [2.75, 3.05) is 44.6 Å². The van der Waals surface area contributed by atoms with Crippen molar-refractivity contribution in [3.05, 3.63) is 78.0 Å². The number of benzene rings is 2. The molecule has 0 spiro atoms. The lowest BCUT2D eigenvalue weighted by molar-refractivity contribution is -0.138. The summed E-state index contributed by atoms with van der Waals surface area (Å²) in [5, 5.41) is 6.78. The highest BCUT2D eigenvalue weighted by Gasteiger charge is 2.46. The van der Waals surface area contributed by atoms with E-state index in [-0.39, 0.29) is 17.7 Å². The maximum atomic E-state index is 13.9. The molecule has 2 aliphatic rings. The van der Waals surface area contributed by atoms with E-state index < -0.39 is 5.41 Å². The summed E-state index contributed by atoms with van der Waals surface area (Å²) in [6, 6.07) is 21.5. The van der Waals surface area contributed by atoms with Crippen LogP contribution in [-0.2, 0) is 15.0 Å². The molecule has 4 heterocycles. The second-order valence-corrected chi connectivity index (χ2v) is 11.4. The summed E-state index contributed by atoms with van der Waals surface area (Å²) >= 11 is 0. The number of rotatable bonds is 8. The Morgan fingerprint density at radius 3 is 2.21 bits per heavy atom. The molecule has 10 nitrogen and oxygen atoms in total. The van der Waals surface area contributed by atoms with E-state index in [1.165, 1.54) is 6.92 Å². The van der Waals surface area contributed by atoms with Crippen molar-refractivity contribution < 1.29 is 14.4 Å². The first-order chi connectivity index (χ1) is 20.9. The lowest BCUT2D eigenvalue weighted by atomic mass is 9.71. The van der Waals surface area contributed by atoms with Crippen LogP contribution in [0.25, 0.3) is 22.4 Å². The largest absolute Gasteiger partial charge is 0.368 e. The SMILES string of the molecule is CC(=O)NCCNc1nc(-c2ccccc2)nc2[nH]c(C(=O)N3CCC(C(=O)N4CCCC4)(c4ccccc4)CC3)cc12. The average molecular weight is 580 g/mol. The zero-order valence-electron chi connectivity index (χ0n) is 24.4. The third kappa shape index (κ3) is 5.82. The maximum absolute atomic E-state index is 13.9. The van der Waals surface area contributed by atoms with Crippen molar-refractivity contribution in [2.45, 2.75) is 38.0 Å². The number of nitrogens with one attached hydrogen (secondary N) is 3. The summed E-state index contributed by atoms with van der Waals surface area (Å²) in [6.07, 6.45) is 3.24. The third-order valence-corrected chi connectivity index (χ3v) is 8.57. The van der Waals surface area contributed by atoms with Crippen LogP contribution in [0, 0.1) is 0 Å². The van der Waals surface area contributed by atoms with Gasteiger partial charge in [-0.05, 0) is 37.3 Å². The van der Waals surface area contributed by atoms with Gasteiger partial charge in [-0.1, -0.05) is 60.7 Å². The van der Waals surface area contributed by atoms with E-state index >= 15 is 0 Å². The molecule has 222 valence electrons. The molecule has 0 aliphatic carbocycles. The van der Waals surface area contributed by atoms with Crippen LogP contribution in [0.2, 0.25) is 0 Å². The first kappa shape index (κ1) is 28.4. The highest BCUT2D eigenvalue weighted by Crippen LogP contribution is 2.39. The standard InChI is InChI=1S/C33H37N7O3/c1-23(41)34-16-17-35-29-26-22-27(36-30(26)38-28(37-29)24-10-4-2-5-11-24)31(42)39-20-14-33(15-21-39,25-12-6-3-7-13-25)32(43)40-18-8-9-19-40/h2-7,10-13,22H,8-9,14-21H2,1H3,(H,34,41)(H2,35,36,37,38). The van der Waals surface area contributed by atoms with Crippen molar-refractivity contribution in [3.63, 3.8) is 0 Å². The van der Waals surface area contributed by atoms with E-state index in [2.05, 4.69) is 15.6 Å². The molecule has 10 heteroatoms. The molecular weight excluding hydrogens is 542 g/mol. The molecule has 3 N–H and O–H groups in total. The topological polar surface area (TPSA) is 123 Å². The van der Waals surface area contributed by atoms with Gasteiger partial charge in [0.25, 0.3) is 5.91 Å². The predicted octanol–water partition coefficient (Wildman–Crippen LogP) is 3.97. The quantitative estimate of drug-likeness (QED) is 0.272. The Morgan fingerprint density at radius 2 is 1.53 bits per heavy atom. The summed E-state index contributed by atoms with van der Waals surface area (Å²) in [7, 11) is 0. The van der Waals surface area contributed by atoms with Crippen LogP contribution in [-0.4, -0.2) is 81.7 Å². The number of likely N-dealkylation sites (tertiary alicyclic amines) is 2. The van der Waals surface area contributed by atoms with Gasteiger partial charge in [0.1, 0.15) is 17.2 Å². The Kier molecular flexibility index (Phi) is 8.09. The van der Waals surface area contributed by atoms with Gasteiger partial charge >= 0.3 is 0 Å². The van der Waals surface area contributed by atoms with E-state index in [1.807, 2.05) is 70.5 Å². The molecule has 0 bridgehead atoms. The number of nitrogens with zero attached hydrogens (tertiary/aromatic N) is 4.